The summed E-state index contributed by atoms with van der Waals surface area (Å²) in [6.07, 6.45) is 6.33. The van der Waals surface area contributed by atoms with Gasteiger partial charge in [0.25, 0.3) is 0 Å². The van der Waals surface area contributed by atoms with Gasteiger partial charge in [0, 0.05) is 11.6 Å². The number of likely N-dealkylation sites (N-methyl/N-ethyl adjacent to an activating group) is 1. The van der Waals surface area contributed by atoms with E-state index in [0.29, 0.717) is 0 Å². The van der Waals surface area contributed by atoms with Gasteiger partial charge in [-0.15, -0.1) is 0 Å². The molecule has 1 atom stereocenters. The predicted molar refractivity (Wildman–Crippen MR) is 90.4 cm³/mol. The first-order chi connectivity index (χ1) is 10.1. The van der Waals surface area contributed by atoms with E-state index in [-0.39, 0.29) is 11.6 Å². The summed E-state index contributed by atoms with van der Waals surface area (Å²) in [6.45, 7) is 0. The van der Waals surface area contributed by atoms with Gasteiger partial charge in [-0.2, -0.15) is 0 Å². The third-order valence-electron chi connectivity index (χ3n) is 5.32. The van der Waals surface area contributed by atoms with Crippen LogP contribution in [0.15, 0.2) is 42.5 Å². The van der Waals surface area contributed by atoms with Crippen LogP contribution in [0.1, 0.15) is 43.7 Å². The van der Waals surface area contributed by atoms with Crippen molar-refractivity contribution in [3.8, 4) is 0 Å². The zero-order valence-corrected chi connectivity index (χ0v) is 13.2. The number of hydrogen-bond donors (Lipinski definition) is 1. The third-order valence-corrected chi connectivity index (χ3v) is 5.32. The topological polar surface area (TPSA) is 29.3 Å². The second-order valence-electron chi connectivity index (χ2n) is 6.64. The molecule has 112 valence electrons. The van der Waals surface area contributed by atoms with Crippen LogP contribution in [0.4, 0.5) is 0 Å². The first-order valence-corrected chi connectivity index (χ1v) is 8.05. The summed E-state index contributed by atoms with van der Waals surface area (Å²) >= 11 is 0. The lowest BCUT2D eigenvalue weighted by atomic mass is 9.73. The molecule has 0 spiro atoms. The van der Waals surface area contributed by atoms with Gasteiger partial charge in [-0.05, 0) is 49.3 Å². The van der Waals surface area contributed by atoms with Crippen LogP contribution in [-0.2, 0) is 0 Å². The minimum absolute atomic E-state index is 0.0809. The highest BCUT2D eigenvalue weighted by Crippen LogP contribution is 2.41. The standard InChI is InChI=1S/C19H26N2/c1-21(2)19(12-6-3-7-13-19)18(20)17-11-10-15-8-4-5-9-16(15)14-17/h4-5,8-11,14,18H,3,6-7,12-13,20H2,1-2H3. The van der Waals surface area contributed by atoms with Gasteiger partial charge < -0.3 is 10.6 Å². The van der Waals surface area contributed by atoms with Crippen molar-refractivity contribution in [3.05, 3.63) is 48.0 Å². The molecule has 2 heteroatoms. The minimum atomic E-state index is 0.0809. The Morgan fingerprint density at radius 2 is 1.62 bits per heavy atom. The molecule has 0 aromatic heterocycles. The molecule has 1 fully saturated rings. The highest BCUT2D eigenvalue weighted by atomic mass is 15.2. The molecule has 1 saturated carbocycles. The van der Waals surface area contributed by atoms with E-state index in [9.17, 15) is 0 Å². The lowest BCUT2D eigenvalue weighted by Crippen LogP contribution is -2.53. The van der Waals surface area contributed by atoms with Crippen molar-refractivity contribution in [2.75, 3.05) is 14.1 Å². The minimum Gasteiger partial charge on any atom is -0.322 e. The summed E-state index contributed by atoms with van der Waals surface area (Å²) in [7, 11) is 4.37. The maximum atomic E-state index is 6.76. The molecule has 2 nitrogen and oxygen atoms in total. The van der Waals surface area contributed by atoms with Crippen LogP contribution in [0, 0.1) is 0 Å². The quantitative estimate of drug-likeness (QED) is 0.918. The number of nitrogens with zero attached hydrogens (tertiary/aromatic N) is 1. The van der Waals surface area contributed by atoms with Crippen molar-refractivity contribution in [3.63, 3.8) is 0 Å². The lowest BCUT2D eigenvalue weighted by Gasteiger charge is -2.47. The van der Waals surface area contributed by atoms with E-state index in [1.54, 1.807) is 0 Å². The summed E-state index contributed by atoms with van der Waals surface area (Å²) in [5.74, 6) is 0. The van der Waals surface area contributed by atoms with E-state index in [4.69, 9.17) is 5.73 Å². The molecule has 0 saturated heterocycles. The molecule has 0 bridgehead atoms. The fourth-order valence-corrected chi connectivity index (χ4v) is 3.91. The van der Waals surface area contributed by atoms with Crippen LogP contribution in [0.2, 0.25) is 0 Å². The first kappa shape index (κ1) is 14.6. The zero-order valence-electron chi connectivity index (χ0n) is 13.2. The van der Waals surface area contributed by atoms with Crippen molar-refractivity contribution in [2.45, 2.75) is 43.7 Å². The van der Waals surface area contributed by atoms with Crippen LogP contribution in [0.25, 0.3) is 10.8 Å². The maximum absolute atomic E-state index is 6.76. The number of benzene rings is 2. The van der Waals surface area contributed by atoms with Gasteiger partial charge in [-0.3, -0.25) is 0 Å². The highest BCUT2D eigenvalue weighted by molar-refractivity contribution is 5.83. The maximum Gasteiger partial charge on any atom is 0.0482 e. The molecule has 2 aromatic carbocycles. The molecule has 0 heterocycles. The smallest absolute Gasteiger partial charge is 0.0482 e. The average Bonchev–Trinajstić information content (AvgIpc) is 2.54. The van der Waals surface area contributed by atoms with Gasteiger partial charge in [0.1, 0.15) is 0 Å². The third kappa shape index (κ3) is 2.58. The second-order valence-corrected chi connectivity index (χ2v) is 6.64. The second kappa shape index (κ2) is 5.78. The van der Waals surface area contributed by atoms with Crippen molar-refractivity contribution in [1.82, 2.24) is 4.90 Å². The van der Waals surface area contributed by atoms with Crippen LogP contribution < -0.4 is 5.73 Å². The molecular formula is C19H26N2. The fourth-order valence-electron chi connectivity index (χ4n) is 3.91. The SMILES string of the molecule is CN(C)C1(C(N)c2ccc3ccccc3c2)CCCCC1. The van der Waals surface area contributed by atoms with Crippen molar-refractivity contribution < 1.29 is 0 Å². The van der Waals surface area contributed by atoms with Crippen LogP contribution in [0.5, 0.6) is 0 Å². The largest absolute Gasteiger partial charge is 0.322 e. The molecule has 1 unspecified atom stereocenters. The number of hydrogen-bond acceptors (Lipinski definition) is 2. The average molecular weight is 282 g/mol. The van der Waals surface area contributed by atoms with Gasteiger partial charge in [-0.25, -0.2) is 0 Å². The van der Waals surface area contributed by atoms with Crippen LogP contribution >= 0.6 is 0 Å². The number of nitrogens with two attached hydrogens (primary N) is 1. The lowest BCUT2D eigenvalue weighted by molar-refractivity contribution is 0.0714. The van der Waals surface area contributed by atoms with E-state index in [1.807, 2.05) is 0 Å². The molecule has 21 heavy (non-hydrogen) atoms. The Balaban J connectivity index is 1.99. The molecule has 1 aliphatic carbocycles. The molecule has 2 aromatic rings. The predicted octanol–water partition coefficient (Wildman–Crippen LogP) is 4.10. The Morgan fingerprint density at radius 3 is 2.29 bits per heavy atom. The molecule has 0 aliphatic heterocycles. The van der Waals surface area contributed by atoms with E-state index in [1.165, 1.54) is 48.4 Å². The Kier molecular flexibility index (Phi) is 4.01. The van der Waals surface area contributed by atoms with E-state index in [0.717, 1.165) is 0 Å². The Morgan fingerprint density at radius 1 is 0.952 bits per heavy atom. The summed E-state index contributed by atoms with van der Waals surface area (Å²) < 4.78 is 0. The van der Waals surface area contributed by atoms with Crippen LogP contribution in [0.3, 0.4) is 0 Å². The van der Waals surface area contributed by atoms with E-state index in [2.05, 4.69) is 61.5 Å². The van der Waals surface area contributed by atoms with Gasteiger partial charge in [-0.1, -0.05) is 55.7 Å². The molecular weight excluding hydrogens is 256 g/mol. The highest BCUT2D eigenvalue weighted by Gasteiger charge is 2.40. The van der Waals surface area contributed by atoms with Crippen molar-refractivity contribution >= 4 is 10.8 Å². The van der Waals surface area contributed by atoms with Gasteiger partial charge in [0.15, 0.2) is 0 Å². The fraction of sp³-hybridized carbons (Fsp3) is 0.474. The van der Waals surface area contributed by atoms with Gasteiger partial charge >= 0.3 is 0 Å². The zero-order chi connectivity index (χ0) is 14.9. The van der Waals surface area contributed by atoms with Crippen molar-refractivity contribution in [1.29, 1.82) is 0 Å². The Bertz CT molecular complexity index is 612. The molecule has 1 aliphatic rings. The Labute approximate surface area is 127 Å². The monoisotopic (exact) mass is 282 g/mol. The summed E-state index contributed by atoms with van der Waals surface area (Å²) in [6, 6.07) is 15.3. The van der Waals surface area contributed by atoms with Crippen LogP contribution in [-0.4, -0.2) is 24.5 Å². The Hall–Kier alpha value is -1.38. The summed E-state index contributed by atoms with van der Waals surface area (Å²) in [5, 5.41) is 2.58. The summed E-state index contributed by atoms with van der Waals surface area (Å²) in [4.78, 5) is 2.37. The molecule has 0 amide bonds. The first-order valence-electron chi connectivity index (χ1n) is 8.05. The molecule has 2 N–H and O–H groups in total. The molecule has 0 radical (unpaired) electrons. The molecule has 3 rings (SSSR count). The number of rotatable bonds is 3. The number of fused-ring (bicyclic) bond motifs is 1. The van der Waals surface area contributed by atoms with E-state index >= 15 is 0 Å². The summed E-state index contributed by atoms with van der Waals surface area (Å²) in [5.41, 5.74) is 8.13. The van der Waals surface area contributed by atoms with Gasteiger partial charge in [0.05, 0.1) is 0 Å². The normalized spacial score (nSPS) is 19.8. The van der Waals surface area contributed by atoms with E-state index < -0.39 is 0 Å². The van der Waals surface area contributed by atoms with Gasteiger partial charge in [0.2, 0.25) is 0 Å². The van der Waals surface area contributed by atoms with Crippen molar-refractivity contribution in [2.24, 2.45) is 5.73 Å².